The summed E-state index contributed by atoms with van der Waals surface area (Å²) >= 11 is 0. The maximum atomic E-state index is 13.7. The molecule has 3 amide bonds. The number of benzene rings is 3. The summed E-state index contributed by atoms with van der Waals surface area (Å²) in [5.41, 5.74) is 2.32. The van der Waals surface area contributed by atoms with Gasteiger partial charge >= 0.3 is 12.1 Å². The predicted molar refractivity (Wildman–Crippen MR) is 132 cm³/mol. The molecule has 0 unspecified atom stereocenters. The van der Waals surface area contributed by atoms with Gasteiger partial charge in [-0.1, -0.05) is 84.4 Å². The Balaban J connectivity index is 1.72. The Labute approximate surface area is 205 Å². The van der Waals surface area contributed by atoms with Crippen molar-refractivity contribution in [3.63, 3.8) is 0 Å². The molecule has 0 bridgehead atoms. The topological polar surface area (TPSA) is 84.0 Å². The molecule has 0 aromatic heterocycles. The van der Waals surface area contributed by atoms with Gasteiger partial charge in [-0.05, 0) is 36.6 Å². The Morgan fingerprint density at radius 1 is 1.00 bits per heavy atom. The van der Waals surface area contributed by atoms with Crippen LogP contribution in [0.1, 0.15) is 29.2 Å². The van der Waals surface area contributed by atoms with E-state index in [2.05, 4.69) is 6.58 Å². The highest BCUT2D eigenvalue weighted by Crippen LogP contribution is 2.37. The summed E-state index contributed by atoms with van der Waals surface area (Å²) in [4.78, 5) is 27.8. The third kappa shape index (κ3) is 4.97. The number of ether oxygens (including phenoxy) is 1. The number of carbonyl (C=O) groups excluding carboxylic acids is 2. The number of amides is 3. The van der Waals surface area contributed by atoms with Gasteiger partial charge in [-0.3, -0.25) is 0 Å². The Bertz CT molecular complexity index is 1310. The quantitative estimate of drug-likeness (QED) is 0.430. The van der Waals surface area contributed by atoms with Crippen LogP contribution in [0.15, 0.2) is 102 Å². The lowest BCUT2D eigenvalue weighted by Gasteiger charge is -2.42. The monoisotopic (exact) mass is 490 g/mol. The lowest BCUT2D eigenvalue weighted by atomic mass is 9.96. The fourth-order valence-corrected chi connectivity index (χ4v) is 5.59. The lowest BCUT2D eigenvalue weighted by molar-refractivity contribution is 0.0686. The first-order valence-electron chi connectivity index (χ1n) is 11.2. The molecule has 1 aliphatic rings. The van der Waals surface area contributed by atoms with Gasteiger partial charge < -0.3 is 4.74 Å². The molecule has 3 aromatic carbocycles. The number of aryl methyl sites for hydroxylation is 1. The summed E-state index contributed by atoms with van der Waals surface area (Å²) in [6, 6.07) is 21.7. The molecule has 1 aliphatic heterocycles. The van der Waals surface area contributed by atoms with Gasteiger partial charge in [-0.2, -0.15) is 0 Å². The van der Waals surface area contributed by atoms with E-state index >= 15 is 0 Å². The molecule has 3 aromatic rings. The van der Waals surface area contributed by atoms with Crippen LogP contribution in [0.25, 0.3) is 0 Å². The molecule has 35 heavy (non-hydrogen) atoms. The van der Waals surface area contributed by atoms with Crippen LogP contribution in [0, 0.1) is 6.92 Å². The van der Waals surface area contributed by atoms with E-state index in [1.807, 2.05) is 31.2 Å². The molecular formula is C27H26N2O5S. The summed E-state index contributed by atoms with van der Waals surface area (Å²) in [5.74, 6) is 0. The van der Waals surface area contributed by atoms with Crippen LogP contribution < -0.4 is 0 Å². The average Bonchev–Trinajstić information content (AvgIpc) is 2.87. The first kappa shape index (κ1) is 24.2. The van der Waals surface area contributed by atoms with Crippen LogP contribution in [0.5, 0.6) is 0 Å². The molecule has 0 radical (unpaired) electrons. The minimum Gasteiger partial charge on any atom is -0.444 e. The number of nitrogens with zero attached hydrogens (tertiary/aromatic N) is 2. The molecule has 0 saturated carbocycles. The van der Waals surface area contributed by atoms with Crippen molar-refractivity contribution in [1.29, 1.82) is 0 Å². The van der Waals surface area contributed by atoms with Gasteiger partial charge in [0.05, 0.1) is 17.0 Å². The summed E-state index contributed by atoms with van der Waals surface area (Å²) < 4.78 is 33.3. The van der Waals surface area contributed by atoms with Crippen molar-refractivity contribution in [2.45, 2.75) is 36.9 Å². The number of carbonyl (C=O) groups is 2. The van der Waals surface area contributed by atoms with Crippen molar-refractivity contribution in [2.75, 3.05) is 0 Å². The third-order valence-corrected chi connectivity index (χ3v) is 7.72. The zero-order valence-electron chi connectivity index (χ0n) is 19.3. The van der Waals surface area contributed by atoms with E-state index in [-0.39, 0.29) is 17.9 Å². The van der Waals surface area contributed by atoms with E-state index < -0.39 is 34.2 Å². The van der Waals surface area contributed by atoms with E-state index in [1.165, 1.54) is 18.2 Å². The molecule has 180 valence electrons. The first-order valence-corrected chi connectivity index (χ1v) is 12.6. The summed E-state index contributed by atoms with van der Waals surface area (Å²) in [7, 11) is -4.27. The SMILES string of the molecule is C=C[C@H]1C[C@@H](c2ccccc2)N(C(=O)OCc2ccccc2)C(=O)N1S(=O)(=O)c1ccc(C)cc1. The molecule has 0 spiro atoms. The number of hydrogen-bond donors (Lipinski definition) is 0. The van der Waals surface area contributed by atoms with Gasteiger partial charge in [-0.25, -0.2) is 27.2 Å². The number of hydrogen-bond acceptors (Lipinski definition) is 5. The molecule has 0 N–H and O–H groups in total. The number of imide groups is 1. The molecule has 4 rings (SSSR count). The Kier molecular flexibility index (Phi) is 7.02. The van der Waals surface area contributed by atoms with Gasteiger partial charge in [0.15, 0.2) is 0 Å². The Morgan fingerprint density at radius 3 is 2.20 bits per heavy atom. The highest BCUT2D eigenvalue weighted by Gasteiger charge is 2.48. The third-order valence-electron chi connectivity index (χ3n) is 5.91. The standard InChI is InChI=1S/C27H26N2O5S/c1-3-23-18-25(22-12-8-5-9-13-22)28(27(31)34-19-21-10-6-4-7-11-21)26(30)29(23)35(32,33)24-16-14-20(2)15-17-24/h3-17,23,25H,1,18-19H2,2H3/t23-,25-/m0/s1. The van der Waals surface area contributed by atoms with E-state index in [9.17, 15) is 18.0 Å². The Morgan fingerprint density at radius 2 is 1.60 bits per heavy atom. The zero-order chi connectivity index (χ0) is 25.0. The van der Waals surface area contributed by atoms with E-state index in [4.69, 9.17) is 4.74 Å². The summed E-state index contributed by atoms with van der Waals surface area (Å²) in [6.07, 6.45) is 0.649. The highest BCUT2D eigenvalue weighted by atomic mass is 32.2. The van der Waals surface area contributed by atoms with Gasteiger partial charge in [0.2, 0.25) is 0 Å². The van der Waals surface area contributed by atoms with E-state index in [1.54, 1.807) is 48.5 Å². The summed E-state index contributed by atoms with van der Waals surface area (Å²) in [5, 5.41) is 0. The van der Waals surface area contributed by atoms with Crippen molar-refractivity contribution in [1.82, 2.24) is 9.21 Å². The Hall–Kier alpha value is -3.91. The number of sulfonamides is 1. The van der Waals surface area contributed by atoms with E-state index in [0.717, 1.165) is 20.3 Å². The average molecular weight is 491 g/mol. The number of rotatable bonds is 6. The van der Waals surface area contributed by atoms with Gasteiger partial charge in [0.1, 0.15) is 6.61 Å². The predicted octanol–water partition coefficient (Wildman–Crippen LogP) is 5.44. The van der Waals surface area contributed by atoms with Crippen LogP contribution in [-0.4, -0.2) is 35.8 Å². The van der Waals surface area contributed by atoms with E-state index in [0.29, 0.717) is 5.56 Å². The second-order valence-electron chi connectivity index (χ2n) is 8.27. The normalized spacial score (nSPS) is 18.3. The van der Waals surface area contributed by atoms with Crippen molar-refractivity contribution < 1.29 is 22.7 Å². The zero-order valence-corrected chi connectivity index (χ0v) is 20.1. The van der Waals surface area contributed by atoms with Crippen molar-refractivity contribution in [3.8, 4) is 0 Å². The van der Waals surface area contributed by atoms with Gasteiger partial charge in [-0.15, -0.1) is 6.58 Å². The van der Waals surface area contributed by atoms with Crippen LogP contribution in [0.4, 0.5) is 9.59 Å². The maximum absolute atomic E-state index is 13.7. The second kappa shape index (κ2) is 10.1. The van der Waals surface area contributed by atoms with Crippen LogP contribution in [0.2, 0.25) is 0 Å². The molecule has 0 aliphatic carbocycles. The lowest BCUT2D eigenvalue weighted by Crippen LogP contribution is -2.58. The van der Waals surface area contributed by atoms with Crippen molar-refractivity contribution in [3.05, 3.63) is 114 Å². The minimum atomic E-state index is -4.27. The van der Waals surface area contributed by atoms with Crippen LogP contribution in [-0.2, 0) is 21.4 Å². The van der Waals surface area contributed by atoms with Crippen LogP contribution >= 0.6 is 0 Å². The second-order valence-corrected chi connectivity index (χ2v) is 10.1. The fourth-order valence-electron chi connectivity index (χ4n) is 4.06. The molecule has 1 fully saturated rings. The molecule has 7 nitrogen and oxygen atoms in total. The smallest absolute Gasteiger partial charge is 0.418 e. The van der Waals surface area contributed by atoms with Crippen molar-refractivity contribution in [2.24, 2.45) is 0 Å². The largest absolute Gasteiger partial charge is 0.444 e. The number of urea groups is 1. The highest BCUT2D eigenvalue weighted by molar-refractivity contribution is 7.89. The molecule has 8 heteroatoms. The maximum Gasteiger partial charge on any atom is 0.418 e. The molecule has 1 saturated heterocycles. The van der Waals surface area contributed by atoms with Gasteiger partial charge in [0.25, 0.3) is 10.0 Å². The minimum absolute atomic E-state index is 0.0425. The molecule has 1 heterocycles. The first-order chi connectivity index (χ1) is 16.8. The van der Waals surface area contributed by atoms with Gasteiger partial charge in [0, 0.05) is 0 Å². The fraction of sp³-hybridized carbons (Fsp3) is 0.185. The molecule has 2 atom stereocenters. The summed E-state index contributed by atoms with van der Waals surface area (Å²) in [6.45, 7) is 5.55. The van der Waals surface area contributed by atoms with Crippen molar-refractivity contribution >= 4 is 22.1 Å². The molecular weight excluding hydrogens is 464 g/mol. The van der Waals surface area contributed by atoms with Crippen LogP contribution in [0.3, 0.4) is 0 Å².